The van der Waals surface area contributed by atoms with Gasteiger partial charge in [0.15, 0.2) is 5.69 Å². The standard InChI is InChI=1S/C18H18N4O4S2/c23-18(16-12-15(20-21-16)17-2-1-11-27-17)19-13-3-5-14(6-4-13)28(24,25)22-7-9-26-10-8-22/h1-6,11-12H,7-10H2,(H,19,23)(H,20,21). The second kappa shape index (κ2) is 7.84. The van der Waals surface area contributed by atoms with Gasteiger partial charge in [-0.2, -0.15) is 9.40 Å². The molecule has 3 heterocycles. The molecule has 2 N–H and O–H groups in total. The lowest BCUT2D eigenvalue weighted by atomic mass is 10.3. The fraction of sp³-hybridized carbons (Fsp3) is 0.222. The van der Waals surface area contributed by atoms with Crippen molar-refractivity contribution in [3.63, 3.8) is 0 Å². The van der Waals surface area contributed by atoms with Crippen molar-refractivity contribution in [3.05, 3.63) is 53.5 Å². The molecule has 2 aromatic heterocycles. The van der Waals surface area contributed by atoms with Gasteiger partial charge in [0.2, 0.25) is 10.0 Å². The lowest BCUT2D eigenvalue weighted by Gasteiger charge is -2.26. The minimum atomic E-state index is -3.56. The van der Waals surface area contributed by atoms with E-state index in [1.807, 2.05) is 17.5 Å². The van der Waals surface area contributed by atoms with E-state index in [1.165, 1.54) is 16.4 Å². The van der Waals surface area contributed by atoms with Gasteiger partial charge in [-0.1, -0.05) is 6.07 Å². The zero-order valence-electron chi connectivity index (χ0n) is 14.8. The number of hydrogen-bond acceptors (Lipinski definition) is 6. The fourth-order valence-electron chi connectivity index (χ4n) is 2.84. The van der Waals surface area contributed by atoms with Gasteiger partial charge in [-0.25, -0.2) is 8.42 Å². The Labute approximate surface area is 166 Å². The van der Waals surface area contributed by atoms with E-state index < -0.39 is 10.0 Å². The number of rotatable bonds is 5. The number of nitrogens with zero attached hydrogens (tertiary/aromatic N) is 2. The smallest absolute Gasteiger partial charge is 0.276 e. The molecular formula is C18H18N4O4S2. The molecule has 0 spiro atoms. The summed E-state index contributed by atoms with van der Waals surface area (Å²) in [6.07, 6.45) is 0. The number of anilines is 1. The topological polar surface area (TPSA) is 104 Å². The number of amides is 1. The molecule has 146 valence electrons. The van der Waals surface area contributed by atoms with Crippen molar-refractivity contribution in [3.8, 4) is 10.6 Å². The first kappa shape index (κ1) is 18.8. The third kappa shape index (κ3) is 3.85. The van der Waals surface area contributed by atoms with Crippen LogP contribution in [0.2, 0.25) is 0 Å². The van der Waals surface area contributed by atoms with E-state index in [0.29, 0.717) is 32.0 Å². The highest BCUT2D eigenvalue weighted by molar-refractivity contribution is 7.89. The highest BCUT2D eigenvalue weighted by Crippen LogP contribution is 2.24. The number of carbonyl (C=O) groups is 1. The molecule has 1 fully saturated rings. The summed E-state index contributed by atoms with van der Waals surface area (Å²) in [5, 5.41) is 11.6. The Morgan fingerprint density at radius 1 is 1.18 bits per heavy atom. The normalized spacial score (nSPS) is 15.4. The molecule has 1 aliphatic heterocycles. The second-order valence-corrected chi connectivity index (χ2v) is 9.02. The number of hydrogen-bond donors (Lipinski definition) is 2. The molecule has 3 aromatic rings. The Morgan fingerprint density at radius 2 is 1.93 bits per heavy atom. The zero-order chi connectivity index (χ0) is 19.6. The van der Waals surface area contributed by atoms with Gasteiger partial charge in [-0.15, -0.1) is 11.3 Å². The molecule has 10 heteroatoms. The van der Waals surface area contributed by atoms with Crippen LogP contribution in [0.1, 0.15) is 10.5 Å². The highest BCUT2D eigenvalue weighted by Gasteiger charge is 2.26. The Hall–Kier alpha value is -2.53. The molecule has 0 bridgehead atoms. The quantitative estimate of drug-likeness (QED) is 0.662. The van der Waals surface area contributed by atoms with Crippen LogP contribution in [-0.4, -0.2) is 55.1 Å². The minimum Gasteiger partial charge on any atom is -0.379 e. The zero-order valence-corrected chi connectivity index (χ0v) is 16.4. The number of H-pyrrole nitrogens is 1. The summed E-state index contributed by atoms with van der Waals surface area (Å²) in [5.74, 6) is -0.372. The van der Waals surface area contributed by atoms with Crippen molar-refractivity contribution in [2.75, 3.05) is 31.6 Å². The maximum Gasteiger partial charge on any atom is 0.276 e. The van der Waals surface area contributed by atoms with Gasteiger partial charge in [-0.05, 0) is 41.8 Å². The maximum atomic E-state index is 12.6. The first-order valence-corrected chi connectivity index (χ1v) is 10.9. The number of aromatic nitrogens is 2. The largest absolute Gasteiger partial charge is 0.379 e. The predicted octanol–water partition coefficient (Wildman–Crippen LogP) is 2.41. The number of carbonyl (C=O) groups excluding carboxylic acids is 1. The molecule has 4 rings (SSSR count). The van der Waals surface area contributed by atoms with Crippen LogP contribution in [-0.2, 0) is 14.8 Å². The summed E-state index contributed by atoms with van der Waals surface area (Å²) in [6.45, 7) is 1.47. The summed E-state index contributed by atoms with van der Waals surface area (Å²) in [4.78, 5) is 13.6. The van der Waals surface area contributed by atoms with Crippen LogP contribution in [0.25, 0.3) is 10.6 Å². The number of nitrogens with one attached hydrogen (secondary N) is 2. The van der Waals surface area contributed by atoms with Crippen LogP contribution >= 0.6 is 11.3 Å². The summed E-state index contributed by atoms with van der Waals surface area (Å²) in [7, 11) is -3.56. The van der Waals surface area contributed by atoms with Gasteiger partial charge < -0.3 is 10.1 Å². The number of morpholine rings is 1. The molecule has 0 unspecified atom stereocenters. The van der Waals surface area contributed by atoms with Gasteiger partial charge in [0, 0.05) is 18.8 Å². The molecule has 1 aliphatic rings. The van der Waals surface area contributed by atoms with E-state index in [-0.39, 0.29) is 16.5 Å². The van der Waals surface area contributed by atoms with E-state index >= 15 is 0 Å². The molecule has 28 heavy (non-hydrogen) atoms. The molecule has 0 aliphatic carbocycles. The van der Waals surface area contributed by atoms with Gasteiger partial charge in [-0.3, -0.25) is 9.89 Å². The Morgan fingerprint density at radius 3 is 2.61 bits per heavy atom. The molecular weight excluding hydrogens is 400 g/mol. The average Bonchev–Trinajstić information content (AvgIpc) is 3.41. The Kier molecular flexibility index (Phi) is 5.27. The van der Waals surface area contributed by atoms with Crippen molar-refractivity contribution in [1.82, 2.24) is 14.5 Å². The molecule has 0 atom stereocenters. The van der Waals surface area contributed by atoms with Crippen LogP contribution in [0, 0.1) is 0 Å². The predicted molar refractivity (Wildman–Crippen MR) is 106 cm³/mol. The monoisotopic (exact) mass is 418 g/mol. The van der Waals surface area contributed by atoms with E-state index in [2.05, 4.69) is 15.5 Å². The summed E-state index contributed by atoms with van der Waals surface area (Å²) >= 11 is 1.55. The number of ether oxygens (including phenoxy) is 1. The average molecular weight is 418 g/mol. The lowest BCUT2D eigenvalue weighted by Crippen LogP contribution is -2.40. The van der Waals surface area contributed by atoms with Gasteiger partial charge in [0.05, 0.1) is 28.7 Å². The SMILES string of the molecule is O=C(Nc1ccc(S(=O)(=O)N2CCOCC2)cc1)c1cc(-c2cccs2)[nH]n1. The fourth-order valence-corrected chi connectivity index (χ4v) is 4.94. The van der Waals surface area contributed by atoms with Crippen molar-refractivity contribution in [1.29, 1.82) is 0 Å². The van der Waals surface area contributed by atoms with Gasteiger partial charge in [0.1, 0.15) is 0 Å². The first-order chi connectivity index (χ1) is 13.5. The number of sulfonamides is 1. The molecule has 1 amide bonds. The molecule has 8 nitrogen and oxygen atoms in total. The van der Waals surface area contributed by atoms with Crippen LogP contribution in [0.15, 0.2) is 52.7 Å². The molecule has 1 saturated heterocycles. The molecule has 0 radical (unpaired) electrons. The number of benzene rings is 1. The van der Waals surface area contributed by atoms with Crippen LogP contribution < -0.4 is 5.32 Å². The van der Waals surface area contributed by atoms with Crippen LogP contribution in [0.4, 0.5) is 5.69 Å². The summed E-state index contributed by atoms with van der Waals surface area (Å²) < 4.78 is 31.9. The van der Waals surface area contributed by atoms with Crippen molar-refractivity contribution in [2.24, 2.45) is 0 Å². The second-order valence-electron chi connectivity index (χ2n) is 6.14. The van der Waals surface area contributed by atoms with E-state index in [0.717, 1.165) is 10.6 Å². The maximum absolute atomic E-state index is 12.6. The third-order valence-corrected chi connectivity index (χ3v) is 7.13. The Balaban J connectivity index is 1.45. The number of thiophene rings is 1. The third-order valence-electron chi connectivity index (χ3n) is 4.32. The van der Waals surface area contributed by atoms with Gasteiger partial charge in [0.25, 0.3) is 5.91 Å². The van der Waals surface area contributed by atoms with E-state index in [9.17, 15) is 13.2 Å². The summed E-state index contributed by atoms with van der Waals surface area (Å²) in [5.41, 5.74) is 1.52. The molecule has 0 saturated carbocycles. The first-order valence-electron chi connectivity index (χ1n) is 8.63. The Bertz CT molecular complexity index is 1050. The minimum absolute atomic E-state index is 0.187. The van der Waals surface area contributed by atoms with Crippen molar-refractivity contribution >= 4 is 33.0 Å². The van der Waals surface area contributed by atoms with Crippen molar-refractivity contribution < 1.29 is 17.9 Å². The van der Waals surface area contributed by atoms with E-state index in [4.69, 9.17) is 4.74 Å². The van der Waals surface area contributed by atoms with Crippen molar-refractivity contribution in [2.45, 2.75) is 4.90 Å². The van der Waals surface area contributed by atoms with Crippen LogP contribution in [0.3, 0.4) is 0 Å². The van der Waals surface area contributed by atoms with Gasteiger partial charge >= 0.3 is 0 Å². The molecule has 1 aromatic carbocycles. The number of aromatic amines is 1. The summed E-state index contributed by atoms with van der Waals surface area (Å²) in [6, 6.07) is 11.7. The van der Waals surface area contributed by atoms with E-state index in [1.54, 1.807) is 29.5 Å². The van der Waals surface area contributed by atoms with Crippen LogP contribution in [0.5, 0.6) is 0 Å². The lowest BCUT2D eigenvalue weighted by molar-refractivity contribution is 0.0730. The highest BCUT2D eigenvalue weighted by atomic mass is 32.2.